The molecule has 3 nitrogen and oxygen atoms in total. The number of rotatable bonds is 5. The van der Waals surface area contributed by atoms with Crippen LogP contribution in [0.3, 0.4) is 0 Å². The number of hydrogen-bond donors (Lipinski definition) is 2. The summed E-state index contributed by atoms with van der Waals surface area (Å²) in [5.74, 6) is 0.148. The van der Waals surface area contributed by atoms with Gasteiger partial charge in [-0.2, -0.15) is 0 Å². The Morgan fingerprint density at radius 1 is 1.40 bits per heavy atom. The third kappa shape index (κ3) is 3.22. The molecule has 0 aliphatic carbocycles. The zero-order valence-corrected chi connectivity index (χ0v) is 9.31. The van der Waals surface area contributed by atoms with Crippen molar-refractivity contribution in [3.63, 3.8) is 0 Å². The fraction of sp³-hybridized carbons (Fsp3) is 0.500. The Morgan fingerprint density at radius 2 is 2.07 bits per heavy atom. The topological polar surface area (TPSA) is 55.5 Å². The SMILES string of the molecule is COCCC(C)C(O)c1ccccc1N. The van der Waals surface area contributed by atoms with Crippen molar-refractivity contribution in [2.24, 2.45) is 5.92 Å². The van der Waals surface area contributed by atoms with Crippen LogP contribution >= 0.6 is 0 Å². The lowest BCUT2D eigenvalue weighted by Gasteiger charge is -2.20. The smallest absolute Gasteiger partial charge is 0.0836 e. The van der Waals surface area contributed by atoms with E-state index in [4.69, 9.17) is 10.5 Å². The largest absolute Gasteiger partial charge is 0.398 e. The molecule has 1 rings (SSSR count). The van der Waals surface area contributed by atoms with Crippen LogP contribution in [0.25, 0.3) is 0 Å². The Morgan fingerprint density at radius 3 is 2.67 bits per heavy atom. The van der Waals surface area contributed by atoms with Gasteiger partial charge in [0.2, 0.25) is 0 Å². The fourth-order valence-electron chi connectivity index (χ4n) is 1.55. The van der Waals surface area contributed by atoms with Gasteiger partial charge < -0.3 is 15.6 Å². The minimum Gasteiger partial charge on any atom is -0.398 e. The van der Waals surface area contributed by atoms with Crippen molar-refractivity contribution in [3.8, 4) is 0 Å². The van der Waals surface area contributed by atoms with Gasteiger partial charge in [-0.1, -0.05) is 25.1 Å². The molecule has 84 valence electrons. The number of benzene rings is 1. The maximum atomic E-state index is 10.1. The number of ether oxygens (including phenoxy) is 1. The fourth-order valence-corrected chi connectivity index (χ4v) is 1.55. The zero-order chi connectivity index (χ0) is 11.3. The van der Waals surface area contributed by atoms with Crippen LogP contribution in [-0.2, 0) is 4.74 Å². The molecule has 0 spiro atoms. The average Bonchev–Trinajstić information content (AvgIpc) is 2.25. The Balaban J connectivity index is 2.67. The molecule has 0 amide bonds. The molecule has 0 saturated heterocycles. The first-order valence-electron chi connectivity index (χ1n) is 5.18. The van der Waals surface area contributed by atoms with Gasteiger partial charge in [0.1, 0.15) is 0 Å². The van der Waals surface area contributed by atoms with E-state index in [1.54, 1.807) is 7.11 Å². The lowest BCUT2D eigenvalue weighted by molar-refractivity contribution is 0.0891. The second-order valence-corrected chi connectivity index (χ2v) is 3.83. The lowest BCUT2D eigenvalue weighted by Crippen LogP contribution is -2.13. The molecule has 1 aromatic rings. The van der Waals surface area contributed by atoms with E-state index < -0.39 is 6.10 Å². The molecule has 2 atom stereocenters. The summed E-state index contributed by atoms with van der Waals surface area (Å²) in [7, 11) is 1.66. The molecule has 0 fully saturated rings. The van der Waals surface area contributed by atoms with E-state index >= 15 is 0 Å². The molecule has 0 radical (unpaired) electrons. The van der Waals surface area contributed by atoms with E-state index in [9.17, 15) is 5.11 Å². The first-order valence-corrected chi connectivity index (χ1v) is 5.18. The highest BCUT2D eigenvalue weighted by Gasteiger charge is 2.17. The van der Waals surface area contributed by atoms with Crippen LogP contribution in [0.5, 0.6) is 0 Å². The minimum absolute atomic E-state index is 0.148. The third-order valence-corrected chi connectivity index (χ3v) is 2.63. The second-order valence-electron chi connectivity index (χ2n) is 3.83. The maximum Gasteiger partial charge on any atom is 0.0836 e. The van der Waals surface area contributed by atoms with Crippen molar-refractivity contribution in [2.75, 3.05) is 19.5 Å². The first kappa shape index (κ1) is 12.0. The van der Waals surface area contributed by atoms with Crippen LogP contribution in [-0.4, -0.2) is 18.8 Å². The van der Waals surface area contributed by atoms with Gasteiger partial charge in [0.15, 0.2) is 0 Å². The van der Waals surface area contributed by atoms with Gasteiger partial charge >= 0.3 is 0 Å². The van der Waals surface area contributed by atoms with Crippen LogP contribution in [0.4, 0.5) is 5.69 Å². The molecular weight excluding hydrogens is 190 g/mol. The summed E-state index contributed by atoms with van der Waals surface area (Å²) >= 11 is 0. The van der Waals surface area contributed by atoms with Crippen molar-refractivity contribution in [3.05, 3.63) is 29.8 Å². The Hall–Kier alpha value is -1.06. The average molecular weight is 209 g/mol. The molecular formula is C12H19NO2. The maximum absolute atomic E-state index is 10.1. The molecule has 0 heterocycles. The van der Waals surface area contributed by atoms with Gasteiger partial charge in [-0.25, -0.2) is 0 Å². The summed E-state index contributed by atoms with van der Waals surface area (Å²) in [6, 6.07) is 7.42. The number of hydrogen-bond acceptors (Lipinski definition) is 3. The minimum atomic E-state index is -0.513. The summed E-state index contributed by atoms with van der Waals surface area (Å²) in [6.07, 6.45) is 0.313. The van der Waals surface area contributed by atoms with E-state index in [0.717, 1.165) is 12.0 Å². The van der Waals surface area contributed by atoms with Gasteiger partial charge in [0.05, 0.1) is 6.10 Å². The number of nitrogens with two attached hydrogens (primary N) is 1. The van der Waals surface area contributed by atoms with Crippen LogP contribution in [0, 0.1) is 5.92 Å². The number of aliphatic hydroxyl groups is 1. The Kier molecular flexibility index (Phi) is 4.59. The summed E-state index contributed by atoms with van der Waals surface area (Å²) in [5, 5.41) is 10.1. The zero-order valence-electron chi connectivity index (χ0n) is 9.31. The van der Waals surface area contributed by atoms with Crippen molar-refractivity contribution in [2.45, 2.75) is 19.4 Å². The second kappa shape index (κ2) is 5.73. The highest BCUT2D eigenvalue weighted by molar-refractivity contribution is 5.47. The molecule has 3 heteroatoms. The van der Waals surface area contributed by atoms with Crippen LogP contribution in [0.2, 0.25) is 0 Å². The molecule has 1 aromatic carbocycles. The molecule has 0 aliphatic rings. The standard InChI is InChI=1S/C12H19NO2/c1-9(7-8-15-2)12(14)10-5-3-4-6-11(10)13/h3-6,9,12,14H,7-8,13H2,1-2H3. The molecule has 0 saturated carbocycles. The summed E-state index contributed by atoms with van der Waals surface area (Å²) < 4.78 is 4.99. The van der Waals surface area contributed by atoms with Crippen LogP contribution < -0.4 is 5.73 Å². The first-order chi connectivity index (χ1) is 7.16. The summed E-state index contributed by atoms with van der Waals surface area (Å²) in [6.45, 7) is 2.65. The van der Waals surface area contributed by atoms with E-state index in [1.807, 2.05) is 31.2 Å². The van der Waals surface area contributed by atoms with E-state index in [-0.39, 0.29) is 5.92 Å². The highest BCUT2D eigenvalue weighted by atomic mass is 16.5. The predicted molar refractivity (Wildman–Crippen MR) is 61.5 cm³/mol. The number of para-hydroxylation sites is 1. The predicted octanol–water partition coefficient (Wildman–Crippen LogP) is 1.97. The molecule has 0 aromatic heterocycles. The lowest BCUT2D eigenvalue weighted by atomic mass is 9.94. The number of methoxy groups -OCH3 is 1. The Bertz CT molecular complexity index is 301. The van der Waals surface area contributed by atoms with Gasteiger partial charge in [-0.15, -0.1) is 0 Å². The van der Waals surface area contributed by atoms with Gasteiger partial charge in [0.25, 0.3) is 0 Å². The Labute approximate surface area is 90.9 Å². The third-order valence-electron chi connectivity index (χ3n) is 2.63. The number of anilines is 1. The quantitative estimate of drug-likeness (QED) is 0.729. The van der Waals surface area contributed by atoms with E-state index in [0.29, 0.717) is 12.3 Å². The number of nitrogen functional groups attached to an aromatic ring is 1. The van der Waals surface area contributed by atoms with Crippen molar-refractivity contribution in [1.82, 2.24) is 0 Å². The van der Waals surface area contributed by atoms with Crippen LogP contribution in [0.15, 0.2) is 24.3 Å². The summed E-state index contributed by atoms with van der Waals surface area (Å²) in [5.41, 5.74) is 7.25. The normalized spacial score (nSPS) is 14.9. The van der Waals surface area contributed by atoms with Crippen molar-refractivity contribution < 1.29 is 9.84 Å². The molecule has 3 N–H and O–H groups in total. The van der Waals surface area contributed by atoms with Crippen molar-refractivity contribution >= 4 is 5.69 Å². The van der Waals surface area contributed by atoms with E-state index in [2.05, 4.69) is 0 Å². The monoisotopic (exact) mass is 209 g/mol. The summed E-state index contributed by atoms with van der Waals surface area (Å²) in [4.78, 5) is 0. The van der Waals surface area contributed by atoms with Gasteiger partial charge in [-0.05, 0) is 18.4 Å². The van der Waals surface area contributed by atoms with Gasteiger partial charge in [0, 0.05) is 25.0 Å². The van der Waals surface area contributed by atoms with Gasteiger partial charge in [-0.3, -0.25) is 0 Å². The molecule has 2 unspecified atom stereocenters. The highest BCUT2D eigenvalue weighted by Crippen LogP contribution is 2.28. The van der Waals surface area contributed by atoms with Crippen molar-refractivity contribution in [1.29, 1.82) is 0 Å². The molecule has 0 bridgehead atoms. The van der Waals surface area contributed by atoms with Crippen LogP contribution in [0.1, 0.15) is 25.0 Å². The number of aliphatic hydroxyl groups excluding tert-OH is 1. The molecule has 15 heavy (non-hydrogen) atoms. The molecule has 0 aliphatic heterocycles. The van der Waals surface area contributed by atoms with E-state index in [1.165, 1.54) is 0 Å².